The molecule has 7 heteroatoms. The van der Waals surface area contributed by atoms with Crippen molar-refractivity contribution in [3.8, 4) is 0 Å². The Balaban J connectivity index is 2.04. The molecule has 20 heavy (non-hydrogen) atoms. The topological polar surface area (TPSA) is 23.6 Å². The number of benzene rings is 1. The molecule has 0 atom stereocenters. The number of hydrogen-bond donors (Lipinski definition) is 0. The highest BCUT2D eigenvalue weighted by atomic mass is 35.5. The van der Waals surface area contributed by atoms with Crippen LogP contribution >= 0.6 is 11.6 Å². The fourth-order valence-electron chi connectivity index (χ4n) is 2.32. The van der Waals surface area contributed by atoms with Crippen molar-refractivity contribution in [2.24, 2.45) is 0 Å². The summed E-state index contributed by atoms with van der Waals surface area (Å²) >= 11 is 5.95. The smallest absolute Gasteiger partial charge is 0.368 e. The van der Waals surface area contributed by atoms with Gasteiger partial charge in [0.05, 0.1) is 17.1 Å². The van der Waals surface area contributed by atoms with Gasteiger partial charge in [0, 0.05) is 31.9 Å². The van der Waals surface area contributed by atoms with Crippen LogP contribution in [-0.4, -0.2) is 50.1 Å². The minimum Gasteiger partial charge on any atom is -0.368 e. The molecular weight excluding hydrogens is 293 g/mol. The Labute approximate surface area is 119 Å². The molecule has 0 amide bonds. The molecule has 1 aliphatic rings. The van der Waals surface area contributed by atoms with Crippen LogP contribution in [0.4, 0.5) is 18.9 Å². The monoisotopic (exact) mass is 306 g/mol. The lowest BCUT2D eigenvalue weighted by atomic mass is 10.1. The summed E-state index contributed by atoms with van der Waals surface area (Å²) in [6.07, 6.45) is -3.49. The summed E-state index contributed by atoms with van der Waals surface area (Å²) in [4.78, 5) is 14.3. The molecule has 110 valence electrons. The normalized spacial score (nSPS) is 17.3. The molecule has 1 saturated heterocycles. The number of alkyl halides is 3. The maximum atomic E-state index is 12.3. The number of aldehydes is 1. The van der Waals surface area contributed by atoms with Gasteiger partial charge in [0.25, 0.3) is 0 Å². The summed E-state index contributed by atoms with van der Waals surface area (Å²) in [5.74, 6) is 0. The third kappa shape index (κ3) is 3.64. The second-order valence-electron chi connectivity index (χ2n) is 4.67. The van der Waals surface area contributed by atoms with Crippen LogP contribution in [0, 0.1) is 0 Å². The largest absolute Gasteiger partial charge is 0.401 e. The van der Waals surface area contributed by atoms with Crippen LogP contribution in [-0.2, 0) is 0 Å². The quantitative estimate of drug-likeness (QED) is 0.802. The van der Waals surface area contributed by atoms with Gasteiger partial charge in [-0.25, -0.2) is 0 Å². The number of piperazine rings is 1. The van der Waals surface area contributed by atoms with E-state index in [0.717, 1.165) is 0 Å². The van der Waals surface area contributed by atoms with Crippen molar-refractivity contribution in [3.63, 3.8) is 0 Å². The van der Waals surface area contributed by atoms with Crippen LogP contribution in [0.1, 0.15) is 10.4 Å². The number of hydrogen-bond acceptors (Lipinski definition) is 3. The van der Waals surface area contributed by atoms with Gasteiger partial charge in [-0.15, -0.1) is 0 Å². The van der Waals surface area contributed by atoms with E-state index in [1.165, 1.54) is 4.90 Å². The molecule has 0 bridgehead atoms. The third-order valence-corrected chi connectivity index (χ3v) is 3.59. The first-order valence-corrected chi connectivity index (χ1v) is 6.56. The van der Waals surface area contributed by atoms with Gasteiger partial charge >= 0.3 is 6.18 Å². The molecule has 0 saturated carbocycles. The fraction of sp³-hybridized carbons (Fsp3) is 0.462. The van der Waals surface area contributed by atoms with Crippen molar-refractivity contribution in [2.45, 2.75) is 6.18 Å². The Bertz CT molecular complexity index is 485. The second-order valence-corrected chi connectivity index (χ2v) is 5.08. The van der Waals surface area contributed by atoms with Crippen molar-refractivity contribution in [1.29, 1.82) is 0 Å². The van der Waals surface area contributed by atoms with E-state index in [9.17, 15) is 18.0 Å². The number of anilines is 1. The number of rotatable bonds is 3. The first kappa shape index (κ1) is 15.1. The summed E-state index contributed by atoms with van der Waals surface area (Å²) < 4.78 is 36.9. The lowest BCUT2D eigenvalue weighted by Crippen LogP contribution is -2.49. The molecule has 0 unspecified atom stereocenters. The first-order chi connectivity index (χ1) is 9.40. The highest BCUT2D eigenvalue weighted by Crippen LogP contribution is 2.27. The molecule has 0 aromatic heterocycles. The molecule has 1 fully saturated rings. The van der Waals surface area contributed by atoms with E-state index >= 15 is 0 Å². The van der Waals surface area contributed by atoms with E-state index in [0.29, 0.717) is 48.7 Å². The summed E-state index contributed by atoms with van der Waals surface area (Å²) in [5, 5.41) is 0.357. The summed E-state index contributed by atoms with van der Waals surface area (Å²) in [6.45, 7) is 0.611. The summed E-state index contributed by atoms with van der Waals surface area (Å²) in [5.41, 5.74) is 1.07. The Kier molecular flexibility index (Phi) is 4.55. The second kappa shape index (κ2) is 6.01. The van der Waals surface area contributed by atoms with Gasteiger partial charge in [-0.2, -0.15) is 13.2 Å². The number of carbonyl (C=O) groups is 1. The molecule has 1 aliphatic heterocycles. The SMILES string of the molecule is O=Cc1c(Cl)cccc1N1CCN(CC(F)(F)F)CC1. The van der Waals surface area contributed by atoms with Crippen molar-refractivity contribution in [2.75, 3.05) is 37.6 Å². The Hall–Kier alpha value is -1.27. The van der Waals surface area contributed by atoms with Crippen molar-refractivity contribution in [3.05, 3.63) is 28.8 Å². The van der Waals surface area contributed by atoms with E-state index in [4.69, 9.17) is 11.6 Å². The third-order valence-electron chi connectivity index (χ3n) is 3.26. The Morgan fingerprint density at radius 1 is 1.20 bits per heavy atom. The molecule has 0 spiro atoms. The van der Waals surface area contributed by atoms with Crippen molar-refractivity contribution < 1.29 is 18.0 Å². The zero-order valence-electron chi connectivity index (χ0n) is 10.7. The van der Waals surface area contributed by atoms with Gasteiger partial charge in [-0.05, 0) is 12.1 Å². The predicted octanol–water partition coefficient (Wildman–Crippen LogP) is 2.84. The van der Waals surface area contributed by atoms with Crippen LogP contribution in [0.5, 0.6) is 0 Å². The predicted molar refractivity (Wildman–Crippen MR) is 71.5 cm³/mol. The van der Waals surface area contributed by atoms with Crippen LogP contribution in [0.2, 0.25) is 5.02 Å². The molecule has 3 nitrogen and oxygen atoms in total. The average molecular weight is 307 g/mol. The van der Waals surface area contributed by atoms with Crippen LogP contribution in [0.25, 0.3) is 0 Å². The van der Waals surface area contributed by atoms with Gasteiger partial charge in [0.2, 0.25) is 0 Å². The lowest BCUT2D eigenvalue weighted by molar-refractivity contribution is -0.146. The van der Waals surface area contributed by atoms with Gasteiger partial charge in [-0.3, -0.25) is 9.69 Å². The summed E-state index contributed by atoms with van der Waals surface area (Å²) in [7, 11) is 0. The molecule has 1 aromatic carbocycles. The average Bonchev–Trinajstić information content (AvgIpc) is 2.37. The molecule has 2 rings (SSSR count). The molecular formula is C13H14ClF3N2O. The minimum absolute atomic E-state index is 0.310. The minimum atomic E-state index is -4.17. The van der Waals surface area contributed by atoms with Crippen LogP contribution in [0.3, 0.4) is 0 Å². The lowest BCUT2D eigenvalue weighted by Gasteiger charge is -2.36. The maximum Gasteiger partial charge on any atom is 0.401 e. The van der Waals surface area contributed by atoms with E-state index in [-0.39, 0.29) is 0 Å². The zero-order valence-corrected chi connectivity index (χ0v) is 11.4. The number of halogens is 4. The van der Waals surface area contributed by atoms with Crippen LogP contribution < -0.4 is 4.90 Å². The molecule has 1 aromatic rings. The van der Waals surface area contributed by atoms with Crippen LogP contribution in [0.15, 0.2) is 18.2 Å². The van der Waals surface area contributed by atoms with Gasteiger partial charge in [-0.1, -0.05) is 17.7 Å². The van der Waals surface area contributed by atoms with E-state index in [1.54, 1.807) is 18.2 Å². The maximum absolute atomic E-state index is 12.3. The van der Waals surface area contributed by atoms with E-state index < -0.39 is 12.7 Å². The molecule has 0 aliphatic carbocycles. The van der Waals surface area contributed by atoms with Gasteiger partial charge in [0.15, 0.2) is 6.29 Å². The zero-order chi connectivity index (χ0) is 14.8. The van der Waals surface area contributed by atoms with Gasteiger partial charge < -0.3 is 4.90 Å². The molecule has 0 radical (unpaired) electrons. The number of carbonyl (C=O) groups excluding carboxylic acids is 1. The van der Waals surface area contributed by atoms with Gasteiger partial charge in [0.1, 0.15) is 0 Å². The standard InChI is InChI=1S/C13H14ClF3N2O/c14-11-2-1-3-12(10(11)8-20)19-6-4-18(5-7-19)9-13(15,16)17/h1-3,8H,4-7,9H2. The highest BCUT2D eigenvalue weighted by Gasteiger charge is 2.32. The highest BCUT2D eigenvalue weighted by molar-refractivity contribution is 6.33. The van der Waals surface area contributed by atoms with E-state index in [1.807, 2.05) is 4.90 Å². The van der Waals surface area contributed by atoms with Crippen molar-refractivity contribution in [1.82, 2.24) is 4.90 Å². The molecule has 0 N–H and O–H groups in total. The Morgan fingerprint density at radius 3 is 2.40 bits per heavy atom. The van der Waals surface area contributed by atoms with E-state index in [2.05, 4.69) is 0 Å². The number of nitrogens with zero attached hydrogens (tertiary/aromatic N) is 2. The fourth-order valence-corrected chi connectivity index (χ4v) is 2.53. The summed E-state index contributed by atoms with van der Waals surface area (Å²) in [6, 6.07) is 5.11. The molecule has 1 heterocycles. The van der Waals surface area contributed by atoms with Crippen molar-refractivity contribution >= 4 is 23.6 Å². The first-order valence-electron chi connectivity index (χ1n) is 6.18. The Morgan fingerprint density at radius 2 is 1.85 bits per heavy atom.